The first-order chi connectivity index (χ1) is 10.0. The maximum absolute atomic E-state index is 11.9. The lowest BCUT2D eigenvalue weighted by atomic mass is 10.2. The Kier molecular flexibility index (Phi) is 11.0. The van der Waals surface area contributed by atoms with E-state index in [0.29, 0.717) is 26.1 Å². The Labute approximate surface area is 125 Å². The summed E-state index contributed by atoms with van der Waals surface area (Å²) in [5.74, 6) is -1.22. The van der Waals surface area contributed by atoms with Crippen molar-refractivity contribution in [1.29, 1.82) is 0 Å². The molecule has 7 nitrogen and oxygen atoms in total. The Morgan fingerprint density at radius 2 is 1.86 bits per heavy atom. The normalized spacial score (nSPS) is 10.0. The number of carboxylic acids is 1. The molecular formula is C14H26N2O5. The standard InChI is InChI=1S/C14H26N2O5/c1-3-10-16(11-13(19)21-4-2)14(20)15-9-7-5-6-8-12(17)18/h3-11H2,1-2H3,(H,15,20)(H,17,18). The van der Waals surface area contributed by atoms with E-state index < -0.39 is 11.9 Å². The molecule has 122 valence electrons. The van der Waals surface area contributed by atoms with Crippen LogP contribution < -0.4 is 5.32 Å². The number of carboxylic acid groups (broad SMARTS) is 1. The summed E-state index contributed by atoms with van der Waals surface area (Å²) in [4.78, 5) is 35.1. The Morgan fingerprint density at radius 3 is 2.43 bits per heavy atom. The van der Waals surface area contributed by atoms with E-state index in [1.54, 1.807) is 6.92 Å². The van der Waals surface area contributed by atoms with Crippen molar-refractivity contribution in [2.24, 2.45) is 0 Å². The molecule has 0 aliphatic heterocycles. The topological polar surface area (TPSA) is 95.9 Å². The number of urea groups is 1. The van der Waals surface area contributed by atoms with Crippen LogP contribution in [0, 0.1) is 0 Å². The van der Waals surface area contributed by atoms with Crippen molar-refractivity contribution in [3.05, 3.63) is 0 Å². The lowest BCUT2D eigenvalue weighted by Crippen LogP contribution is -2.43. The van der Waals surface area contributed by atoms with E-state index in [0.717, 1.165) is 19.3 Å². The van der Waals surface area contributed by atoms with Crippen LogP contribution in [0.15, 0.2) is 0 Å². The highest BCUT2D eigenvalue weighted by Gasteiger charge is 2.16. The van der Waals surface area contributed by atoms with Crippen LogP contribution in [-0.2, 0) is 14.3 Å². The highest BCUT2D eigenvalue weighted by atomic mass is 16.5. The molecule has 0 aliphatic rings. The fourth-order valence-electron chi connectivity index (χ4n) is 1.77. The first-order valence-corrected chi connectivity index (χ1v) is 7.41. The number of hydrogen-bond donors (Lipinski definition) is 2. The van der Waals surface area contributed by atoms with Gasteiger partial charge in [-0.05, 0) is 26.2 Å². The third-order valence-electron chi connectivity index (χ3n) is 2.75. The fourth-order valence-corrected chi connectivity index (χ4v) is 1.77. The van der Waals surface area contributed by atoms with E-state index in [-0.39, 0.29) is 19.0 Å². The molecule has 0 fully saturated rings. The number of rotatable bonds is 11. The SMILES string of the molecule is CCCN(CC(=O)OCC)C(=O)NCCCCCC(=O)O. The second-order valence-electron chi connectivity index (χ2n) is 4.66. The van der Waals surface area contributed by atoms with Gasteiger partial charge in [0.05, 0.1) is 6.61 Å². The average Bonchev–Trinajstić information content (AvgIpc) is 2.42. The molecule has 0 rings (SSSR count). The number of aliphatic carboxylic acids is 1. The molecule has 7 heteroatoms. The summed E-state index contributed by atoms with van der Waals surface area (Å²) in [6.45, 7) is 4.86. The minimum absolute atomic E-state index is 0.0491. The lowest BCUT2D eigenvalue weighted by Gasteiger charge is -2.21. The van der Waals surface area contributed by atoms with Gasteiger partial charge in [-0.1, -0.05) is 13.3 Å². The first kappa shape index (κ1) is 19.2. The Hall–Kier alpha value is -1.79. The van der Waals surface area contributed by atoms with Crippen LogP contribution in [0.25, 0.3) is 0 Å². The van der Waals surface area contributed by atoms with E-state index in [1.165, 1.54) is 4.90 Å². The van der Waals surface area contributed by atoms with Crippen molar-refractivity contribution in [1.82, 2.24) is 10.2 Å². The molecule has 0 aliphatic carbocycles. The summed E-state index contributed by atoms with van der Waals surface area (Å²) in [5, 5.41) is 11.2. The van der Waals surface area contributed by atoms with E-state index in [1.807, 2.05) is 6.92 Å². The smallest absolute Gasteiger partial charge is 0.325 e. The van der Waals surface area contributed by atoms with E-state index in [4.69, 9.17) is 9.84 Å². The van der Waals surface area contributed by atoms with Crippen LogP contribution in [0.3, 0.4) is 0 Å². The summed E-state index contributed by atoms with van der Waals surface area (Å²) >= 11 is 0. The van der Waals surface area contributed by atoms with Crippen molar-refractivity contribution < 1.29 is 24.2 Å². The van der Waals surface area contributed by atoms with Crippen LogP contribution in [-0.4, -0.2) is 54.2 Å². The molecule has 0 atom stereocenters. The van der Waals surface area contributed by atoms with E-state index in [2.05, 4.69) is 5.32 Å². The molecule has 0 aromatic rings. The monoisotopic (exact) mass is 302 g/mol. The molecule has 0 saturated heterocycles. The number of unbranched alkanes of at least 4 members (excludes halogenated alkanes) is 2. The average molecular weight is 302 g/mol. The summed E-state index contributed by atoms with van der Waals surface area (Å²) < 4.78 is 4.83. The van der Waals surface area contributed by atoms with Gasteiger partial charge in [0.15, 0.2) is 0 Å². The highest BCUT2D eigenvalue weighted by Crippen LogP contribution is 2.00. The van der Waals surface area contributed by atoms with Crippen LogP contribution in [0.2, 0.25) is 0 Å². The number of carbonyl (C=O) groups is 3. The molecule has 2 amide bonds. The van der Waals surface area contributed by atoms with Gasteiger partial charge in [-0.3, -0.25) is 9.59 Å². The van der Waals surface area contributed by atoms with Gasteiger partial charge in [-0.2, -0.15) is 0 Å². The van der Waals surface area contributed by atoms with Gasteiger partial charge in [0.1, 0.15) is 6.54 Å². The predicted molar refractivity (Wildman–Crippen MR) is 78.0 cm³/mol. The molecule has 0 radical (unpaired) electrons. The minimum Gasteiger partial charge on any atom is -0.481 e. The molecule has 0 bridgehead atoms. The zero-order valence-corrected chi connectivity index (χ0v) is 12.9. The third-order valence-corrected chi connectivity index (χ3v) is 2.75. The van der Waals surface area contributed by atoms with Crippen LogP contribution in [0.5, 0.6) is 0 Å². The number of ether oxygens (including phenoxy) is 1. The highest BCUT2D eigenvalue weighted by molar-refractivity contribution is 5.80. The molecule has 0 saturated carbocycles. The quantitative estimate of drug-likeness (QED) is 0.446. The van der Waals surface area contributed by atoms with Crippen molar-refractivity contribution in [2.75, 3.05) is 26.2 Å². The van der Waals surface area contributed by atoms with Crippen LogP contribution in [0.1, 0.15) is 46.0 Å². The summed E-state index contributed by atoms with van der Waals surface area (Å²) in [6, 6.07) is -0.289. The summed E-state index contributed by atoms with van der Waals surface area (Å²) in [7, 11) is 0. The zero-order chi connectivity index (χ0) is 16.1. The van der Waals surface area contributed by atoms with Crippen molar-refractivity contribution >= 4 is 18.0 Å². The molecule has 0 aromatic heterocycles. The van der Waals surface area contributed by atoms with Gasteiger partial charge in [-0.25, -0.2) is 4.79 Å². The first-order valence-electron chi connectivity index (χ1n) is 7.41. The number of amides is 2. The van der Waals surface area contributed by atoms with Crippen LogP contribution >= 0.6 is 0 Å². The van der Waals surface area contributed by atoms with Gasteiger partial charge in [-0.15, -0.1) is 0 Å². The van der Waals surface area contributed by atoms with Crippen molar-refractivity contribution in [3.8, 4) is 0 Å². The van der Waals surface area contributed by atoms with E-state index >= 15 is 0 Å². The summed E-state index contributed by atoms with van der Waals surface area (Å²) in [6.07, 6.45) is 2.98. The predicted octanol–water partition coefficient (Wildman–Crippen LogP) is 1.62. The van der Waals surface area contributed by atoms with Crippen molar-refractivity contribution in [2.45, 2.75) is 46.0 Å². The number of carbonyl (C=O) groups excluding carboxylic acids is 2. The number of nitrogens with one attached hydrogen (secondary N) is 1. The molecule has 2 N–H and O–H groups in total. The van der Waals surface area contributed by atoms with Gasteiger partial charge in [0.2, 0.25) is 0 Å². The zero-order valence-electron chi connectivity index (χ0n) is 12.9. The number of hydrogen-bond acceptors (Lipinski definition) is 4. The molecule has 0 heterocycles. The maximum atomic E-state index is 11.9. The Bertz CT molecular complexity index is 333. The molecule has 0 aromatic carbocycles. The van der Waals surface area contributed by atoms with E-state index in [9.17, 15) is 14.4 Å². The molecule has 21 heavy (non-hydrogen) atoms. The van der Waals surface area contributed by atoms with Crippen LogP contribution in [0.4, 0.5) is 4.79 Å². The Balaban J connectivity index is 3.95. The molecule has 0 unspecified atom stereocenters. The van der Waals surface area contributed by atoms with Gasteiger partial charge in [0.25, 0.3) is 0 Å². The van der Waals surface area contributed by atoms with Gasteiger partial charge in [0, 0.05) is 19.5 Å². The third kappa shape index (κ3) is 10.6. The summed E-state index contributed by atoms with van der Waals surface area (Å²) in [5.41, 5.74) is 0. The van der Waals surface area contributed by atoms with Gasteiger partial charge < -0.3 is 20.1 Å². The maximum Gasteiger partial charge on any atom is 0.325 e. The second kappa shape index (κ2) is 12.0. The number of nitrogens with zero attached hydrogens (tertiary/aromatic N) is 1. The van der Waals surface area contributed by atoms with Gasteiger partial charge >= 0.3 is 18.0 Å². The molecule has 0 spiro atoms. The number of esters is 1. The Morgan fingerprint density at radius 1 is 1.14 bits per heavy atom. The fraction of sp³-hybridized carbons (Fsp3) is 0.786. The van der Waals surface area contributed by atoms with Crippen molar-refractivity contribution in [3.63, 3.8) is 0 Å². The lowest BCUT2D eigenvalue weighted by molar-refractivity contribution is -0.143. The minimum atomic E-state index is -0.803. The second-order valence-corrected chi connectivity index (χ2v) is 4.66. The largest absolute Gasteiger partial charge is 0.481 e. The molecular weight excluding hydrogens is 276 g/mol.